The second kappa shape index (κ2) is 5.35. The van der Waals surface area contributed by atoms with Crippen LogP contribution in [0.2, 0.25) is 0 Å². The van der Waals surface area contributed by atoms with Crippen molar-refractivity contribution < 1.29 is 4.74 Å². The molecule has 2 nitrogen and oxygen atoms in total. The molecule has 1 unspecified atom stereocenters. The molecule has 0 amide bonds. The van der Waals surface area contributed by atoms with Crippen molar-refractivity contribution in [2.24, 2.45) is 0 Å². The maximum atomic E-state index is 5.82. The first-order valence-corrected chi connectivity index (χ1v) is 6.16. The van der Waals surface area contributed by atoms with E-state index in [0.717, 1.165) is 24.8 Å². The smallest absolute Gasteiger partial charge is 0.122 e. The Labute approximate surface area is 98.2 Å². The summed E-state index contributed by atoms with van der Waals surface area (Å²) >= 11 is 0. The van der Waals surface area contributed by atoms with E-state index in [-0.39, 0.29) is 0 Å². The minimum absolute atomic E-state index is 0.726. The molecule has 0 aliphatic carbocycles. The molecule has 0 spiro atoms. The van der Waals surface area contributed by atoms with Crippen LogP contribution in [0.4, 0.5) is 0 Å². The molecule has 88 valence electrons. The number of benzene rings is 1. The Balaban J connectivity index is 1.78. The van der Waals surface area contributed by atoms with Crippen LogP contribution in [-0.2, 0) is 0 Å². The number of hydrogen-bond acceptors (Lipinski definition) is 2. The van der Waals surface area contributed by atoms with Crippen molar-refractivity contribution >= 4 is 0 Å². The lowest BCUT2D eigenvalue weighted by molar-refractivity contribution is 0.232. The van der Waals surface area contributed by atoms with E-state index < -0.39 is 0 Å². The van der Waals surface area contributed by atoms with E-state index in [1.165, 1.54) is 24.9 Å². The number of nitrogens with zero attached hydrogens (tertiary/aromatic N) is 1. The molecular formula is C14H21NO. The third kappa shape index (κ3) is 2.76. The Bertz CT molecular complexity index is 337. The molecule has 2 heteroatoms. The number of aryl methyl sites for hydroxylation is 1. The monoisotopic (exact) mass is 219 g/mol. The normalized spacial score (nSPS) is 21.2. The zero-order chi connectivity index (χ0) is 11.4. The standard InChI is InChI=1S/C14H21NO/c1-12-6-3-4-8-14(12)16-11-9-13-7-5-10-15(13)2/h3-4,6,8,13H,5,7,9-11H2,1-2H3. The van der Waals surface area contributed by atoms with E-state index >= 15 is 0 Å². The molecule has 1 aliphatic heterocycles. The van der Waals surface area contributed by atoms with Gasteiger partial charge in [-0.15, -0.1) is 0 Å². The highest BCUT2D eigenvalue weighted by atomic mass is 16.5. The Kier molecular flexibility index (Phi) is 3.83. The van der Waals surface area contributed by atoms with Gasteiger partial charge in [-0.05, 0) is 51.4 Å². The van der Waals surface area contributed by atoms with Crippen molar-refractivity contribution in [2.45, 2.75) is 32.2 Å². The van der Waals surface area contributed by atoms with Gasteiger partial charge >= 0.3 is 0 Å². The molecule has 1 atom stereocenters. The van der Waals surface area contributed by atoms with E-state index in [1.807, 2.05) is 18.2 Å². The van der Waals surface area contributed by atoms with Crippen molar-refractivity contribution in [3.8, 4) is 5.75 Å². The van der Waals surface area contributed by atoms with Crippen LogP contribution >= 0.6 is 0 Å². The molecule has 0 aromatic heterocycles. The third-order valence-corrected chi connectivity index (χ3v) is 3.47. The molecule has 1 fully saturated rings. The van der Waals surface area contributed by atoms with Crippen LogP contribution in [0.5, 0.6) is 5.75 Å². The molecule has 0 saturated carbocycles. The van der Waals surface area contributed by atoms with Gasteiger partial charge in [-0.1, -0.05) is 18.2 Å². The highest BCUT2D eigenvalue weighted by molar-refractivity contribution is 5.31. The molecule has 0 N–H and O–H groups in total. The summed E-state index contributed by atoms with van der Waals surface area (Å²) < 4.78 is 5.82. The zero-order valence-electron chi connectivity index (χ0n) is 10.3. The Morgan fingerprint density at radius 1 is 1.38 bits per heavy atom. The molecule has 1 heterocycles. The summed E-state index contributed by atoms with van der Waals surface area (Å²) in [5.74, 6) is 1.03. The van der Waals surface area contributed by atoms with Gasteiger partial charge in [-0.2, -0.15) is 0 Å². The van der Waals surface area contributed by atoms with Gasteiger partial charge in [0.1, 0.15) is 5.75 Å². The van der Waals surface area contributed by atoms with Gasteiger partial charge in [0.15, 0.2) is 0 Å². The number of ether oxygens (including phenoxy) is 1. The van der Waals surface area contributed by atoms with E-state index in [1.54, 1.807) is 0 Å². The number of likely N-dealkylation sites (tertiary alicyclic amines) is 1. The number of hydrogen-bond donors (Lipinski definition) is 0. The molecular weight excluding hydrogens is 198 g/mol. The van der Waals surface area contributed by atoms with E-state index in [4.69, 9.17) is 4.74 Å². The maximum Gasteiger partial charge on any atom is 0.122 e. The summed E-state index contributed by atoms with van der Waals surface area (Å²) in [5, 5.41) is 0. The summed E-state index contributed by atoms with van der Waals surface area (Å²) in [6, 6.07) is 8.95. The van der Waals surface area contributed by atoms with Gasteiger partial charge in [0.25, 0.3) is 0 Å². The van der Waals surface area contributed by atoms with Crippen molar-refractivity contribution in [2.75, 3.05) is 20.2 Å². The maximum absolute atomic E-state index is 5.82. The van der Waals surface area contributed by atoms with Gasteiger partial charge in [-0.3, -0.25) is 0 Å². The predicted molar refractivity (Wildman–Crippen MR) is 66.9 cm³/mol. The zero-order valence-corrected chi connectivity index (χ0v) is 10.3. The number of para-hydroxylation sites is 1. The lowest BCUT2D eigenvalue weighted by atomic mass is 10.1. The summed E-state index contributed by atoms with van der Waals surface area (Å²) in [6.45, 7) is 4.17. The minimum Gasteiger partial charge on any atom is -0.493 e. The van der Waals surface area contributed by atoms with Crippen molar-refractivity contribution in [1.29, 1.82) is 0 Å². The van der Waals surface area contributed by atoms with E-state index in [2.05, 4.69) is 24.9 Å². The van der Waals surface area contributed by atoms with Gasteiger partial charge < -0.3 is 9.64 Å². The SMILES string of the molecule is Cc1ccccc1OCCC1CCCN1C. The second-order valence-electron chi connectivity index (χ2n) is 4.68. The van der Waals surface area contributed by atoms with Crippen LogP contribution in [0.1, 0.15) is 24.8 Å². The predicted octanol–water partition coefficient (Wildman–Crippen LogP) is 2.86. The molecule has 0 radical (unpaired) electrons. The average Bonchev–Trinajstić information content (AvgIpc) is 2.67. The van der Waals surface area contributed by atoms with Crippen molar-refractivity contribution in [1.82, 2.24) is 4.90 Å². The molecule has 1 aromatic rings. The van der Waals surface area contributed by atoms with Crippen LogP contribution in [-0.4, -0.2) is 31.1 Å². The summed E-state index contributed by atoms with van der Waals surface area (Å²) in [5.41, 5.74) is 1.22. The van der Waals surface area contributed by atoms with Gasteiger partial charge in [0.05, 0.1) is 6.61 Å². The van der Waals surface area contributed by atoms with Gasteiger partial charge in [0, 0.05) is 6.04 Å². The lowest BCUT2D eigenvalue weighted by Crippen LogP contribution is -2.26. The molecule has 16 heavy (non-hydrogen) atoms. The quantitative estimate of drug-likeness (QED) is 0.772. The highest BCUT2D eigenvalue weighted by Crippen LogP contribution is 2.20. The summed E-state index contributed by atoms with van der Waals surface area (Å²) in [4.78, 5) is 2.45. The fraction of sp³-hybridized carbons (Fsp3) is 0.571. The number of rotatable bonds is 4. The Hall–Kier alpha value is -1.02. The molecule has 1 aliphatic rings. The van der Waals surface area contributed by atoms with Crippen LogP contribution in [0.15, 0.2) is 24.3 Å². The molecule has 1 saturated heterocycles. The van der Waals surface area contributed by atoms with Crippen molar-refractivity contribution in [3.05, 3.63) is 29.8 Å². The van der Waals surface area contributed by atoms with Crippen LogP contribution in [0, 0.1) is 6.92 Å². The van der Waals surface area contributed by atoms with Crippen LogP contribution in [0.3, 0.4) is 0 Å². The van der Waals surface area contributed by atoms with E-state index in [9.17, 15) is 0 Å². The summed E-state index contributed by atoms with van der Waals surface area (Å²) in [6.07, 6.45) is 3.81. The fourth-order valence-electron chi connectivity index (χ4n) is 2.37. The van der Waals surface area contributed by atoms with Crippen LogP contribution < -0.4 is 4.74 Å². The molecule has 2 rings (SSSR count). The topological polar surface area (TPSA) is 12.5 Å². The van der Waals surface area contributed by atoms with Gasteiger partial charge in [0.2, 0.25) is 0 Å². The summed E-state index contributed by atoms with van der Waals surface area (Å²) in [7, 11) is 2.21. The minimum atomic E-state index is 0.726. The first-order valence-electron chi connectivity index (χ1n) is 6.16. The van der Waals surface area contributed by atoms with E-state index in [0.29, 0.717) is 0 Å². The first-order chi connectivity index (χ1) is 7.77. The van der Waals surface area contributed by atoms with Crippen LogP contribution in [0.25, 0.3) is 0 Å². The van der Waals surface area contributed by atoms with Gasteiger partial charge in [-0.25, -0.2) is 0 Å². The third-order valence-electron chi connectivity index (χ3n) is 3.47. The molecule has 1 aromatic carbocycles. The lowest BCUT2D eigenvalue weighted by Gasteiger charge is -2.19. The largest absolute Gasteiger partial charge is 0.493 e. The first kappa shape index (κ1) is 11.5. The Morgan fingerprint density at radius 3 is 2.88 bits per heavy atom. The highest BCUT2D eigenvalue weighted by Gasteiger charge is 2.20. The second-order valence-corrected chi connectivity index (χ2v) is 4.68. The Morgan fingerprint density at radius 2 is 2.19 bits per heavy atom. The fourth-order valence-corrected chi connectivity index (χ4v) is 2.37. The molecule has 0 bridgehead atoms. The average molecular weight is 219 g/mol. The van der Waals surface area contributed by atoms with Crippen molar-refractivity contribution in [3.63, 3.8) is 0 Å².